The molecule has 0 radical (unpaired) electrons. The number of rotatable bonds is 5. The van der Waals surface area contributed by atoms with Gasteiger partial charge in [0.15, 0.2) is 5.82 Å². The molecule has 0 fully saturated rings. The molecule has 0 saturated heterocycles. The summed E-state index contributed by atoms with van der Waals surface area (Å²) in [7, 11) is 1.63. The monoisotopic (exact) mass is 387 g/mol. The topological polar surface area (TPSA) is 56.5 Å². The Morgan fingerprint density at radius 3 is 2.57 bits per heavy atom. The number of allylic oxidation sites excluding steroid dienone is 1. The average Bonchev–Trinajstić information content (AvgIpc) is 3.26. The summed E-state index contributed by atoms with van der Waals surface area (Å²) < 4.78 is 7.25. The van der Waals surface area contributed by atoms with Gasteiger partial charge in [-0.15, -0.1) is 5.10 Å². The summed E-state index contributed by atoms with van der Waals surface area (Å²) in [5.74, 6) is 1.30. The number of methoxy groups -OCH3 is 1. The van der Waals surface area contributed by atoms with E-state index in [9.17, 15) is 4.79 Å². The highest BCUT2D eigenvalue weighted by molar-refractivity contribution is 7.15. The highest BCUT2D eigenvalue weighted by Gasteiger charge is 2.08. The van der Waals surface area contributed by atoms with E-state index in [0.717, 1.165) is 16.9 Å². The number of aromatic nitrogens is 3. The summed E-state index contributed by atoms with van der Waals surface area (Å²) in [5.41, 5.74) is 1.83. The second kappa shape index (κ2) is 8.02. The van der Waals surface area contributed by atoms with Crippen LogP contribution < -0.4 is 14.8 Å². The molecule has 138 valence electrons. The summed E-state index contributed by atoms with van der Waals surface area (Å²) in [6, 6.07) is 17.6. The summed E-state index contributed by atoms with van der Waals surface area (Å²) >= 11 is 1.32. The van der Waals surface area contributed by atoms with Gasteiger partial charge in [-0.25, -0.2) is 0 Å². The molecule has 0 aliphatic rings. The van der Waals surface area contributed by atoms with Crippen LogP contribution in [-0.2, 0) is 0 Å². The van der Waals surface area contributed by atoms with Crippen LogP contribution in [0.3, 0.4) is 0 Å². The summed E-state index contributed by atoms with van der Waals surface area (Å²) in [6.45, 7) is 0. The van der Waals surface area contributed by atoms with Crippen LogP contribution in [0.1, 0.15) is 17.0 Å². The molecule has 0 bridgehead atoms. The Morgan fingerprint density at radius 1 is 1.00 bits per heavy atom. The quantitative estimate of drug-likeness (QED) is 0.526. The Bertz CT molecular complexity index is 1270. The highest BCUT2D eigenvalue weighted by atomic mass is 32.1. The summed E-state index contributed by atoms with van der Waals surface area (Å²) in [6.07, 6.45) is 9.24. The van der Waals surface area contributed by atoms with Gasteiger partial charge in [0.2, 0.25) is 4.96 Å². The van der Waals surface area contributed by atoms with Gasteiger partial charge in [-0.2, -0.15) is 9.50 Å². The molecule has 4 rings (SSSR count). The van der Waals surface area contributed by atoms with E-state index < -0.39 is 0 Å². The molecule has 0 N–H and O–H groups in total. The molecule has 28 heavy (non-hydrogen) atoms. The zero-order valence-corrected chi connectivity index (χ0v) is 16.0. The number of nitrogens with zero attached hydrogens (tertiary/aromatic N) is 3. The fraction of sp³-hybridized carbons (Fsp3) is 0.0455. The number of benzene rings is 2. The fourth-order valence-electron chi connectivity index (χ4n) is 2.71. The van der Waals surface area contributed by atoms with Gasteiger partial charge >= 0.3 is 0 Å². The summed E-state index contributed by atoms with van der Waals surface area (Å²) in [5, 5.41) is 4.29. The first kappa shape index (κ1) is 17.9. The van der Waals surface area contributed by atoms with Crippen LogP contribution in [0.5, 0.6) is 5.75 Å². The van der Waals surface area contributed by atoms with Crippen molar-refractivity contribution in [3.63, 3.8) is 0 Å². The molecular weight excluding hydrogens is 370 g/mol. The van der Waals surface area contributed by atoms with E-state index >= 15 is 0 Å². The molecule has 0 aliphatic carbocycles. The molecule has 0 spiro atoms. The first-order chi connectivity index (χ1) is 13.7. The van der Waals surface area contributed by atoms with Crippen molar-refractivity contribution < 1.29 is 4.74 Å². The maximum absolute atomic E-state index is 12.5. The van der Waals surface area contributed by atoms with E-state index in [1.165, 1.54) is 15.9 Å². The number of ether oxygens (including phenoxy) is 1. The lowest BCUT2D eigenvalue weighted by Gasteiger charge is -2.02. The maximum Gasteiger partial charge on any atom is 0.291 e. The van der Waals surface area contributed by atoms with Gasteiger partial charge in [0.1, 0.15) is 5.75 Å². The van der Waals surface area contributed by atoms with Crippen molar-refractivity contribution in [3.05, 3.63) is 92.5 Å². The largest absolute Gasteiger partial charge is 0.496 e. The first-order valence-electron chi connectivity index (χ1n) is 8.69. The lowest BCUT2D eigenvalue weighted by molar-refractivity contribution is 0.414. The average molecular weight is 387 g/mol. The molecule has 2 heterocycles. The minimum absolute atomic E-state index is 0.170. The number of hydrogen-bond donors (Lipinski definition) is 0. The predicted octanol–water partition coefficient (Wildman–Crippen LogP) is 3.54. The smallest absolute Gasteiger partial charge is 0.291 e. The van der Waals surface area contributed by atoms with E-state index in [1.807, 2.05) is 72.8 Å². The first-order valence-corrected chi connectivity index (χ1v) is 9.50. The van der Waals surface area contributed by atoms with Crippen LogP contribution in [-0.4, -0.2) is 21.7 Å². The number of hydrogen-bond acceptors (Lipinski definition) is 5. The number of fused-ring (bicyclic) bond motifs is 1. The highest BCUT2D eigenvalue weighted by Crippen LogP contribution is 2.18. The lowest BCUT2D eigenvalue weighted by atomic mass is 10.2. The zero-order valence-electron chi connectivity index (χ0n) is 15.1. The Kier molecular flexibility index (Phi) is 5.12. The molecule has 2 aromatic carbocycles. The Morgan fingerprint density at radius 2 is 1.79 bits per heavy atom. The van der Waals surface area contributed by atoms with Gasteiger partial charge in [0.25, 0.3) is 5.56 Å². The van der Waals surface area contributed by atoms with E-state index in [0.29, 0.717) is 15.3 Å². The van der Waals surface area contributed by atoms with Crippen molar-refractivity contribution in [1.82, 2.24) is 14.6 Å². The Balaban J connectivity index is 1.59. The van der Waals surface area contributed by atoms with Crippen molar-refractivity contribution in [1.29, 1.82) is 0 Å². The molecule has 0 amide bonds. The van der Waals surface area contributed by atoms with Gasteiger partial charge in [0.05, 0.1) is 11.6 Å². The second-order valence-corrected chi connectivity index (χ2v) is 6.96. The van der Waals surface area contributed by atoms with Gasteiger partial charge in [-0.1, -0.05) is 78.1 Å². The Hall–Kier alpha value is -3.51. The number of thiazole rings is 1. The molecule has 5 nitrogen and oxygen atoms in total. The molecule has 6 heteroatoms. The molecule has 2 aromatic heterocycles. The minimum Gasteiger partial charge on any atom is -0.496 e. The molecule has 0 unspecified atom stereocenters. The standard InChI is InChI=1S/C22H17N3O2S/c1-27-18-12-6-5-10-17(18)11-7-13-19-21(26)25-22(28-19)23-20(24-25)15-14-16-8-3-2-4-9-16/h2-15H,1H3/b11-7+,15-14+,19-13-. The van der Waals surface area contributed by atoms with E-state index in [1.54, 1.807) is 19.3 Å². The van der Waals surface area contributed by atoms with E-state index in [-0.39, 0.29) is 5.56 Å². The van der Waals surface area contributed by atoms with E-state index in [4.69, 9.17) is 4.74 Å². The summed E-state index contributed by atoms with van der Waals surface area (Å²) in [4.78, 5) is 17.5. The van der Waals surface area contributed by atoms with Gasteiger partial charge in [-0.05, 0) is 23.8 Å². The third kappa shape index (κ3) is 3.77. The molecule has 0 aliphatic heterocycles. The van der Waals surface area contributed by atoms with Gasteiger partial charge in [0, 0.05) is 5.56 Å². The lowest BCUT2D eigenvalue weighted by Crippen LogP contribution is -2.23. The normalized spacial score (nSPS) is 12.5. The molecule has 0 atom stereocenters. The van der Waals surface area contributed by atoms with E-state index in [2.05, 4.69) is 10.1 Å². The molecule has 0 saturated carbocycles. The van der Waals surface area contributed by atoms with Crippen LogP contribution in [0.4, 0.5) is 0 Å². The third-order valence-electron chi connectivity index (χ3n) is 4.08. The Labute approximate surface area is 165 Å². The SMILES string of the molecule is COc1ccccc1/C=C/C=c1\sc2nc(/C=C/c3ccccc3)nn2c1=O. The van der Waals surface area contributed by atoms with Crippen LogP contribution in [0, 0.1) is 0 Å². The minimum atomic E-state index is -0.170. The van der Waals surface area contributed by atoms with Gasteiger partial charge < -0.3 is 4.74 Å². The zero-order chi connectivity index (χ0) is 19.3. The predicted molar refractivity (Wildman–Crippen MR) is 114 cm³/mol. The van der Waals surface area contributed by atoms with Gasteiger partial charge in [-0.3, -0.25) is 4.79 Å². The number of para-hydroxylation sites is 1. The third-order valence-corrected chi connectivity index (χ3v) is 5.06. The van der Waals surface area contributed by atoms with Crippen molar-refractivity contribution in [2.75, 3.05) is 7.11 Å². The van der Waals surface area contributed by atoms with Crippen molar-refractivity contribution in [3.8, 4) is 5.75 Å². The van der Waals surface area contributed by atoms with Crippen molar-refractivity contribution in [2.24, 2.45) is 0 Å². The van der Waals surface area contributed by atoms with Crippen molar-refractivity contribution >= 4 is 40.6 Å². The second-order valence-electron chi connectivity index (χ2n) is 5.95. The molecular formula is C22H17N3O2S. The fourth-order valence-corrected chi connectivity index (χ4v) is 3.58. The van der Waals surface area contributed by atoms with Crippen LogP contribution in [0.25, 0.3) is 29.3 Å². The maximum atomic E-state index is 12.5. The van der Waals surface area contributed by atoms with Crippen LogP contribution in [0.2, 0.25) is 0 Å². The van der Waals surface area contributed by atoms with Crippen molar-refractivity contribution in [2.45, 2.75) is 0 Å². The van der Waals surface area contributed by atoms with Crippen LogP contribution in [0.15, 0.2) is 65.5 Å². The van der Waals surface area contributed by atoms with Crippen LogP contribution >= 0.6 is 11.3 Å². The molecule has 4 aromatic rings.